The first kappa shape index (κ1) is 36.3. The lowest BCUT2D eigenvalue weighted by atomic mass is 9.72. The number of terminal acetylenes is 1. The second-order valence-electron chi connectivity index (χ2n) is 17.5. The maximum absolute atomic E-state index is 9.75. The topological polar surface area (TPSA) is 79.5 Å². The van der Waals surface area contributed by atoms with E-state index in [4.69, 9.17) is 6.42 Å². The van der Waals surface area contributed by atoms with E-state index in [2.05, 4.69) is 163 Å². The lowest BCUT2D eigenvalue weighted by Gasteiger charge is -2.42. The van der Waals surface area contributed by atoms with Crippen LogP contribution in [0.25, 0.3) is 27.5 Å². The molecule has 5 nitrogen and oxygen atoms in total. The normalized spacial score (nSPS) is 19.2. The van der Waals surface area contributed by atoms with Crippen molar-refractivity contribution in [3.05, 3.63) is 201 Å². The van der Waals surface area contributed by atoms with Gasteiger partial charge in [-0.1, -0.05) is 80.4 Å². The molecule has 2 aliphatic carbocycles. The molecule has 0 spiro atoms. The summed E-state index contributed by atoms with van der Waals surface area (Å²) in [6.45, 7) is 4.71. The maximum atomic E-state index is 9.75. The molecule has 2 saturated carbocycles. The van der Waals surface area contributed by atoms with Crippen molar-refractivity contribution in [3.8, 4) is 36.2 Å². The Morgan fingerprint density at radius 3 is 1.57 bits per heavy atom. The van der Waals surface area contributed by atoms with E-state index >= 15 is 0 Å². The highest BCUT2D eigenvalue weighted by Gasteiger charge is 2.45. The van der Waals surface area contributed by atoms with E-state index in [0.29, 0.717) is 34.4 Å². The maximum Gasteiger partial charge on any atom is 0.0992 e. The SMILES string of the molecule is C#Cc1cc(C#N)cc(C2CC2c2ccc3c(c2)C(C)(C)c2cc(C4CC4c4cc(C#N)cc(C#N)c4)ccc2N3c2ccc3c(c2)c2ccccc2n3-c2ccccc2)c1. The van der Waals surface area contributed by atoms with Gasteiger partial charge in [0.15, 0.2) is 0 Å². The molecule has 2 fully saturated rings. The Labute approximate surface area is 356 Å². The highest BCUT2D eigenvalue weighted by atomic mass is 15.2. The fraction of sp³-hybridized carbons (Fsp3) is 0.161. The molecule has 11 rings (SSSR count). The predicted molar refractivity (Wildman–Crippen MR) is 243 cm³/mol. The molecular formula is C56H39N5. The first-order valence-corrected chi connectivity index (χ1v) is 20.9. The molecule has 0 saturated heterocycles. The van der Waals surface area contributed by atoms with Crippen LogP contribution in [0.4, 0.5) is 17.1 Å². The summed E-state index contributed by atoms with van der Waals surface area (Å²) in [5.41, 5.74) is 16.3. The number of anilines is 3. The van der Waals surface area contributed by atoms with Crippen molar-refractivity contribution >= 4 is 38.9 Å². The first-order chi connectivity index (χ1) is 29.8. The first-order valence-electron chi connectivity index (χ1n) is 20.9. The summed E-state index contributed by atoms with van der Waals surface area (Å²) < 4.78 is 2.36. The summed E-state index contributed by atoms with van der Waals surface area (Å²) in [7, 11) is 0. The van der Waals surface area contributed by atoms with Gasteiger partial charge < -0.3 is 9.47 Å². The van der Waals surface area contributed by atoms with E-state index in [9.17, 15) is 15.8 Å². The third-order valence-electron chi connectivity index (χ3n) is 13.6. The number of benzene rings is 7. The zero-order valence-corrected chi connectivity index (χ0v) is 33.9. The van der Waals surface area contributed by atoms with Gasteiger partial charge in [0.05, 0.1) is 57.3 Å². The van der Waals surface area contributed by atoms with E-state index in [1.165, 1.54) is 44.2 Å². The number of rotatable bonds is 6. The van der Waals surface area contributed by atoms with Crippen LogP contribution in [0.2, 0.25) is 0 Å². The largest absolute Gasteiger partial charge is 0.310 e. The molecule has 4 atom stereocenters. The molecule has 7 aromatic carbocycles. The Balaban J connectivity index is 1.05. The Bertz CT molecular complexity index is 3120. The number of aromatic nitrogens is 1. The summed E-state index contributed by atoms with van der Waals surface area (Å²) in [5.74, 6) is 3.93. The molecule has 1 aliphatic heterocycles. The van der Waals surface area contributed by atoms with Crippen molar-refractivity contribution < 1.29 is 0 Å². The number of nitriles is 3. The predicted octanol–water partition coefficient (Wildman–Crippen LogP) is 13.0. The Morgan fingerprint density at radius 2 is 1.00 bits per heavy atom. The third kappa shape index (κ3) is 5.82. The Kier molecular flexibility index (Phi) is 8.09. The van der Waals surface area contributed by atoms with Gasteiger partial charge in [-0.25, -0.2) is 0 Å². The second kappa shape index (κ2) is 13.6. The molecule has 4 unspecified atom stereocenters. The summed E-state index contributed by atoms with van der Waals surface area (Å²) in [6, 6.07) is 58.5. The van der Waals surface area contributed by atoms with Crippen LogP contribution >= 0.6 is 0 Å². The van der Waals surface area contributed by atoms with Crippen molar-refractivity contribution in [3.63, 3.8) is 0 Å². The monoisotopic (exact) mass is 781 g/mol. The van der Waals surface area contributed by atoms with E-state index in [0.717, 1.165) is 52.1 Å². The molecule has 0 N–H and O–H groups in total. The van der Waals surface area contributed by atoms with E-state index in [-0.39, 0.29) is 11.3 Å². The number of fused-ring (bicyclic) bond motifs is 5. The minimum atomic E-state index is -0.332. The summed E-state index contributed by atoms with van der Waals surface area (Å²) in [6.07, 6.45) is 7.79. The van der Waals surface area contributed by atoms with Gasteiger partial charge in [-0.2, -0.15) is 15.8 Å². The minimum Gasteiger partial charge on any atom is -0.310 e. The average Bonchev–Trinajstić information content (AvgIpc) is 4.25. The van der Waals surface area contributed by atoms with Crippen molar-refractivity contribution in [2.45, 2.75) is 55.8 Å². The van der Waals surface area contributed by atoms with Gasteiger partial charge in [0.2, 0.25) is 0 Å². The highest BCUT2D eigenvalue weighted by molar-refractivity contribution is 6.11. The van der Waals surface area contributed by atoms with Crippen LogP contribution in [0.1, 0.15) is 106 Å². The molecule has 0 radical (unpaired) electrons. The standard InChI is InChI=1S/C56H39N5/c1-4-34-20-35(31-57)23-40(22-34)47-29-45(47)38-14-17-54-50(26-38)56(2,3)51-27-39(46-30-48(46)41-24-36(32-58)21-37(25-41)33-59)15-18-55(51)61(54)43-16-19-53-49(28-43)44-12-8-9-13-52(44)60(53)42-10-6-5-7-11-42/h1,5-28,45-48H,29-30H2,2-3H3. The molecule has 0 bridgehead atoms. The summed E-state index contributed by atoms with van der Waals surface area (Å²) in [4.78, 5) is 2.46. The fourth-order valence-corrected chi connectivity index (χ4v) is 10.3. The zero-order valence-electron chi connectivity index (χ0n) is 33.9. The van der Waals surface area contributed by atoms with Crippen molar-refractivity contribution in [2.75, 3.05) is 4.90 Å². The average molecular weight is 782 g/mol. The van der Waals surface area contributed by atoms with Gasteiger partial charge in [0, 0.05) is 33.1 Å². The number of hydrogen-bond donors (Lipinski definition) is 0. The van der Waals surface area contributed by atoms with Crippen LogP contribution in [0.3, 0.4) is 0 Å². The molecule has 288 valence electrons. The molecular weight excluding hydrogens is 743 g/mol. The quantitative estimate of drug-likeness (QED) is 0.157. The van der Waals surface area contributed by atoms with Gasteiger partial charge >= 0.3 is 0 Å². The van der Waals surface area contributed by atoms with Crippen LogP contribution in [0.15, 0.2) is 146 Å². The number of nitrogens with zero attached hydrogens (tertiary/aromatic N) is 5. The molecule has 61 heavy (non-hydrogen) atoms. The van der Waals surface area contributed by atoms with E-state index < -0.39 is 0 Å². The lowest BCUT2D eigenvalue weighted by molar-refractivity contribution is 0.629. The molecule has 2 heterocycles. The summed E-state index contributed by atoms with van der Waals surface area (Å²) in [5, 5.41) is 31.6. The van der Waals surface area contributed by atoms with Crippen LogP contribution in [0, 0.1) is 46.3 Å². The Morgan fingerprint density at radius 1 is 0.492 bits per heavy atom. The van der Waals surface area contributed by atoms with Gasteiger partial charge in [0.1, 0.15) is 0 Å². The van der Waals surface area contributed by atoms with Crippen LogP contribution in [-0.2, 0) is 5.41 Å². The van der Waals surface area contributed by atoms with Gasteiger partial charge in [0.25, 0.3) is 0 Å². The minimum absolute atomic E-state index is 0.255. The molecule has 0 amide bonds. The number of para-hydroxylation sites is 2. The molecule has 8 aromatic rings. The smallest absolute Gasteiger partial charge is 0.0992 e. The molecule has 5 heteroatoms. The Hall–Kier alpha value is -7.83. The van der Waals surface area contributed by atoms with Crippen LogP contribution in [0.5, 0.6) is 0 Å². The van der Waals surface area contributed by atoms with Gasteiger partial charge in [-0.15, -0.1) is 6.42 Å². The van der Waals surface area contributed by atoms with E-state index in [1.807, 2.05) is 18.2 Å². The molecule has 1 aromatic heterocycles. The fourth-order valence-electron chi connectivity index (χ4n) is 10.3. The van der Waals surface area contributed by atoms with Gasteiger partial charge in [-0.3, -0.25) is 0 Å². The van der Waals surface area contributed by atoms with Gasteiger partial charge in [-0.05, 0) is 155 Å². The lowest BCUT2D eigenvalue weighted by Crippen LogP contribution is -2.31. The zero-order chi connectivity index (χ0) is 41.6. The highest BCUT2D eigenvalue weighted by Crippen LogP contribution is 2.60. The van der Waals surface area contributed by atoms with Crippen molar-refractivity contribution in [2.24, 2.45) is 0 Å². The van der Waals surface area contributed by atoms with Crippen LogP contribution in [-0.4, -0.2) is 4.57 Å². The summed E-state index contributed by atoms with van der Waals surface area (Å²) >= 11 is 0. The molecule has 3 aliphatic rings. The number of hydrogen-bond acceptors (Lipinski definition) is 4. The third-order valence-corrected chi connectivity index (χ3v) is 13.6. The van der Waals surface area contributed by atoms with Crippen LogP contribution < -0.4 is 4.90 Å². The van der Waals surface area contributed by atoms with E-state index in [1.54, 1.807) is 12.1 Å². The van der Waals surface area contributed by atoms with Crippen molar-refractivity contribution in [1.29, 1.82) is 15.8 Å². The second-order valence-corrected chi connectivity index (χ2v) is 17.5. The van der Waals surface area contributed by atoms with Crippen molar-refractivity contribution in [1.82, 2.24) is 4.57 Å².